The number of carbonyl (C=O) groups is 1. The fraction of sp³-hybridized carbons (Fsp3) is 0.923. The van der Waals surface area contributed by atoms with Crippen molar-refractivity contribution in [1.82, 2.24) is 5.32 Å². The number of hydrogen-bond acceptors (Lipinski definition) is 4. The molecule has 2 fully saturated rings. The van der Waals surface area contributed by atoms with Crippen molar-refractivity contribution in [3.8, 4) is 0 Å². The zero-order chi connectivity index (χ0) is 13.1. The zero-order valence-electron chi connectivity index (χ0n) is 11.6. The Morgan fingerprint density at radius 2 is 1.84 bits per heavy atom. The molecule has 3 N–H and O–H groups in total. The van der Waals surface area contributed by atoms with Crippen LogP contribution in [0.1, 0.15) is 38.5 Å². The molecule has 0 spiro atoms. The second kappa shape index (κ2) is 7.16. The Hall–Kier alpha value is 0.0300. The molecule has 0 aromatic heterocycles. The molecule has 0 bridgehead atoms. The second-order valence-electron chi connectivity index (χ2n) is 5.55. The number of nitrogens with two attached hydrogens (primary N) is 1. The van der Waals surface area contributed by atoms with E-state index in [4.69, 9.17) is 10.5 Å². The predicted octanol–water partition coefficient (Wildman–Crippen LogP) is 1.71. The normalized spacial score (nSPS) is 24.5. The topological polar surface area (TPSA) is 64.4 Å². The van der Waals surface area contributed by atoms with E-state index in [0.717, 1.165) is 58.3 Å². The summed E-state index contributed by atoms with van der Waals surface area (Å²) in [4.78, 5) is 12.2. The first-order valence-corrected chi connectivity index (χ1v) is 8.03. The summed E-state index contributed by atoms with van der Waals surface area (Å²) >= 11 is 1.84. The van der Waals surface area contributed by atoms with Gasteiger partial charge in [-0.15, -0.1) is 12.4 Å². The predicted molar refractivity (Wildman–Crippen MR) is 81.9 cm³/mol. The molecule has 0 radical (unpaired) electrons. The molecule has 2 aliphatic rings. The molecule has 1 amide bonds. The van der Waals surface area contributed by atoms with E-state index in [1.165, 1.54) is 0 Å². The second-order valence-corrected chi connectivity index (χ2v) is 6.82. The van der Waals surface area contributed by atoms with E-state index in [-0.39, 0.29) is 23.1 Å². The molecule has 0 aromatic carbocycles. The Kier molecular flexibility index (Phi) is 6.43. The van der Waals surface area contributed by atoms with E-state index >= 15 is 0 Å². The average Bonchev–Trinajstić information content (AvgIpc) is 2.85. The maximum atomic E-state index is 12.2. The Labute approximate surface area is 126 Å². The lowest BCUT2D eigenvalue weighted by Gasteiger charge is -2.36. The van der Waals surface area contributed by atoms with Crippen LogP contribution in [0, 0.1) is 0 Å². The van der Waals surface area contributed by atoms with Gasteiger partial charge in [0.15, 0.2) is 0 Å². The van der Waals surface area contributed by atoms with E-state index < -0.39 is 5.54 Å². The van der Waals surface area contributed by atoms with Crippen LogP contribution in [0.15, 0.2) is 0 Å². The molecule has 2 rings (SSSR count). The fourth-order valence-corrected chi connectivity index (χ4v) is 3.64. The lowest BCUT2D eigenvalue weighted by Crippen LogP contribution is -2.55. The molecule has 1 saturated heterocycles. The molecule has 0 atom stereocenters. The highest BCUT2D eigenvalue weighted by atomic mass is 35.5. The molecular weight excluding hydrogens is 284 g/mol. The summed E-state index contributed by atoms with van der Waals surface area (Å²) < 4.78 is 5.54. The summed E-state index contributed by atoms with van der Waals surface area (Å²) in [6.07, 6.45) is 7.93. The van der Waals surface area contributed by atoms with Crippen molar-refractivity contribution in [3.05, 3.63) is 0 Å². The maximum absolute atomic E-state index is 12.2. The van der Waals surface area contributed by atoms with Gasteiger partial charge in [0.25, 0.3) is 0 Å². The van der Waals surface area contributed by atoms with Crippen molar-refractivity contribution >= 4 is 30.1 Å². The minimum Gasteiger partial charge on any atom is -0.381 e. The number of halogens is 1. The highest BCUT2D eigenvalue weighted by molar-refractivity contribution is 8.00. The van der Waals surface area contributed by atoms with Crippen LogP contribution >= 0.6 is 24.2 Å². The number of nitrogens with one attached hydrogen (secondary N) is 1. The van der Waals surface area contributed by atoms with Gasteiger partial charge in [-0.05, 0) is 31.9 Å². The lowest BCUT2D eigenvalue weighted by molar-refractivity contribution is -0.126. The van der Waals surface area contributed by atoms with Crippen molar-refractivity contribution < 1.29 is 9.53 Å². The van der Waals surface area contributed by atoms with Crippen molar-refractivity contribution in [2.75, 3.05) is 26.0 Å². The fourth-order valence-electron chi connectivity index (χ4n) is 2.85. The van der Waals surface area contributed by atoms with Crippen LogP contribution in [0.25, 0.3) is 0 Å². The number of hydrogen-bond donors (Lipinski definition) is 2. The summed E-state index contributed by atoms with van der Waals surface area (Å²) in [5, 5.41) is 3.09. The van der Waals surface area contributed by atoms with Crippen LogP contribution in [-0.4, -0.2) is 42.2 Å². The van der Waals surface area contributed by atoms with E-state index in [1.807, 2.05) is 11.8 Å². The minimum atomic E-state index is -0.606. The molecule has 1 saturated carbocycles. The molecule has 6 heteroatoms. The smallest absolute Gasteiger partial charge is 0.240 e. The monoisotopic (exact) mass is 308 g/mol. The van der Waals surface area contributed by atoms with Gasteiger partial charge in [0.1, 0.15) is 0 Å². The molecule has 1 aliphatic carbocycles. The van der Waals surface area contributed by atoms with Crippen LogP contribution in [0.2, 0.25) is 0 Å². The average molecular weight is 309 g/mol. The van der Waals surface area contributed by atoms with Gasteiger partial charge in [-0.2, -0.15) is 11.8 Å². The highest BCUT2D eigenvalue weighted by Gasteiger charge is 2.39. The van der Waals surface area contributed by atoms with Crippen LogP contribution in [0.3, 0.4) is 0 Å². The summed E-state index contributed by atoms with van der Waals surface area (Å²) in [6, 6.07) is 0. The van der Waals surface area contributed by atoms with Crippen molar-refractivity contribution in [2.24, 2.45) is 5.73 Å². The van der Waals surface area contributed by atoms with Gasteiger partial charge in [-0.1, -0.05) is 12.8 Å². The van der Waals surface area contributed by atoms with Crippen LogP contribution in [0.5, 0.6) is 0 Å². The van der Waals surface area contributed by atoms with Gasteiger partial charge in [-0.25, -0.2) is 0 Å². The first-order chi connectivity index (χ1) is 8.60. The molecule has 1 heterocycles. The first kappa shape index (κ1) is 17.1. The third kappa shape index (κ3) is 4.00. The summed E-state index contributed by atoms with van der Waals surface area (Å²) in [6.45, 7) is 2.31. The third-order valence-corrected chi connectivity index (χ3v) is 5.77. The Balaban J connectivity index is 0.00000180. The van der Waals surface area contributed by atoms with Gasteiger partial charge in [0.2, 0.25) is 5.91 Å². The number of carbonyl (C=O) groups excluding carboxylic acids is 1. The zero-order valence-corrected chi connectivity index (χ0v) is 13.2. The first-order valence-electron chi connectivity index (χ1n) is 6.80. The van der Waals surface area contributed by atoms with E-state index in [1.54, 1.807) is 0 Å². The minimum absolute atomic E-state index is 0. The van der Waals surface area contributed by atoms with Gasteiger partial charge in [0.05, 0.1) is 5.54 Å². The largest absolute Gasteiger partial charge is 0.381 e. The summed E-state index contributed by atoms with van der Waals surface area (Å²) in [5.74, 6) is 0.0416. The van der Waals surface area contributed by atoms with Crippen LogP contribution in [-0.2, 0) is 9.53 Å². The Morgan fingerprint density at radius 1 is 1.26 bits per heavy atom. The highest BCUT2D eigenvalue weighted by Crippen LogP contribution is 2.33. The Morgan fingerprint density at radius 3 is 2.37 bits per heavy atom. The molecule has 0 aromatic rings. The van der Waals surface area contributed by atoms with Crippen molar-refractivity contribution in [3.63, 3.8) is 0 Å². The molecule has 19 heavy (non-hydrogen) atoms. The standard InChI is InChI=1S/C13H24N2O2S.ClH/c1-18-12(6-8-17-9-7-12)10-15-11(16)13(14)4-2-3-5-13;/h2-10,14H2,1H3,(H,15,16);1H. The SMILES string of the molecule is CSC1(CNC(=O)C2(N)CCCC2)CCOCC1.Cl. The van der Waals surface area contributed by atoms with Crippen LogP contribution in [0.4, 0.5) is 0 Å². The Bertz CT molecular complexity index is 303. The molecule has 0 unspecified atom stereocenters. The maximum Gasteiger partial charge on any atom is 0.240 e. The molecule has 4 nitrogen and oxygen atoms in total. The third-order valence-electron chi connectivity index (χ3n) is 4.36. The molecule has 112 valence electrons. The van der Waals surface area contributed by atoms with Gasteiger partial charge in [0, 0.05) is 24.5 Å². The summed E-state index contributed by atoms with van der Waals surface area (Å²) in [7, 11) is 0. The quantitative estimate of drug-likeness (QED) is 0.830. The van der Waals surface area contributed by atoms with E-state index in [2.05, 4.69) is 11.6 Å². The van der Waals surface area contributed by atoms with Crippen molar-refractivity contribution in [1.29, 1.82) is 0 Å². The summed E-state index contributed by atoms with van der Waals surface area (Å²) in [5.41, 5.74) is 5.55. The molecular formula is C13H25ClN2O2S. The van der Waals surface area contributed by atoms with Crippen LogP contribution < -0.4 is 11.1 Å². The van der Waals surface area contributed by atoms with E-state index in [0.29, 0.717) is 0 Å². The number of amides is 1. The van der Waals surface area contributed by atoms with Gasteiger partial charge < -0.3 is 15.8 Å². The van der Waals surface area contributed by atoms with Gasteiger partial charge in [-0.3, -0.25) is 4.79 Å². The van der Waals surface area contributed by atoms with Crippen molar-refractivity contribution in [2.45, 2.75) is 48.8 Å². The van der Waals surface area contributed by atoms with E-state index in [9.17, 15) is 4.79 Å². The number of rotatable bonds is 4. The number of ether oxygens (including phenoxy) is 1. The lowest BCUT2D eigenvalue weighted by atomic mass is 9.95. The number of thioether (sulfide) groups is 1. The molecule has 1 aliphatic heterocycles. The van der Waals surface area contributed by atoms with Gasteiger partial charge >= 0.3 is 0 Å².